The molecule has 0 amide bonds. The molecule has 0 aromatic heterocycles. The Labute approximate surface area is 75.2 Å². The minimum Gasteiger partial charge on any atom is -0.320 e. The number of nitriles is 2. The molecule has 0 aliphatic heterocycles. The van der Waals surface area contributed by atoms with E-state index in [4.69, 9.17) is 23.7 Å². The molecule has 0 saturated carbocycles. The Morgan fingerprint density at radius 2 is 1.27 bits per heavy atom. The van der Waals surface area contributed by atoms with Gasteiger partial charge >= 0.3 is 38.0 Å². The van der Waals surface area contributed by atoms with Gasteiger partial charge in [-0.2, -0.15) is 0 Å². The second kappa shape index (κ2) is 38.0. The van der Waals surface area contributed by atoms with Gasteiger partial charge in [-0.25, -0.2) is 13.1 Å². The zero-order chi connectivity index (χ0) is 9.54. The van der Waals surface area contributed by atoms with Crippen LogP contribution in [0.15, 0.2) is 0 Å². The summed E-state index contributed by atoms with van der Waals surface area (Å²) >= 11 is -0.765. The standard InChI is InChI=1S/2C2H3N.2CN.Pt/c2*1-3-2;2*1-2;/h2*1H3;;;. The van der Waals surface area contributed by atoms with Crippen molar-refractivity contribution >= 4 is 0 Å². The summed E-state index contributed by atoms with van der Waals surface area (Å²) in [4.78, 5) is 5.50. The second-order valence-electron chi connectivity index (χ2n) is 0.668. The molecule has 11 heavy (non-hydrogen) atoms. The van der Waals surface area contributed by atoms with Crippen molar-refractivity contribution in [1.82, 2.24) is 0 Å². The number of rotatable bonds is 0. The number of hydrogen-bond donors (Lipinski definition) is 0. The third kappa shape index (κ3) is 909. The van der Waals surface area contributed by atoms with Gasteiger partial charge in [0.1, 0.15) is 0 Å². The van der Waals surface area contributed by atoms with Crippen molar-refractivity contribution in [2.75, 3.05) is 14.1 Å². The predicted molar refractivity (Wildman–Crippen MR) is 36.3 cm³/mol. The SMILES string of the molecule is N#[C][Pt][C]#N.[C-]#[N+]C.[C-]#[N+]C. The summed E-state index contributed by atoms with van der Waals surface area (Å²) in [5.74, 6) is 0. The molecule has 0 aliphatic rings. The molecule has 0 N–H and O–H groups in total. The van der Waals surface area contributed by atoms with E-state index in [1.54, 1.807) is 8.92 Å². The summed E-state index contributed by atoms with van der Waals surface area (Å²) in [5, 5.41) is 15.3. The van der Waals surface area contributed by atoms with Gasteiger partial charge in [0, 0.05) is 0 Å². The van der Waals surface area contributed by atoms with Crippen LogP contribution in [-0.4, -0.2) is 14.1 Å². The summed E-state index contributed by atoms with van der Waals surface area (Å²) in [5.41, 5.74) is 0. The number of nitrogens with zero attached hydrogens (tertiary/aromatic N) is 4. The summed E-state index contributed by atoms with van der Waals surface area (Å²) in [6.07, 6.45) is 0. The van der Waals surface area contributed by atoms with Crippen LogP contribution < -0.4 is 0 Å². The fraction of sp³-hybridized carbons (Fsp3) is 0.333. The zero-order valence-corrected chi connectivity index (χ0v) is 8.38. The van der Waals surface area contributed by atoms with Crippen molar-refractivity contribution in [2.45, 2.75) is 0 Å². The van der Waals surface area contributed by atoms with Crippen molar-refractivity contribution < 1.29 is 18.6 Å². The van der Waals surface area contributed by atoms with Crippen molar-refractivity contribution in [2.24, 2.45) is 0 Å². The van der Waals surface area contributed by atoms with Crippen LogP contribution in [0.1, 0.15) is 0 Å². The van der Waals surface area contributed by atoms with Gasteiger partial charge in [0.15, 0.2) is 0 Å². The minimum atomic E-state index is -0.765. The molecule has 0 aliphatic carbocycles. The topological polar surface area (TPSA) is 56.3 Å². The van der Waals surface area contributed by atoms with Crippen molar-refractivity contribution in [3.05, 3.63) is 22.8 Å². The van der Waals surface area contributed by atoms with Gasteiger partial charge in [0.25, 0.3) is 0 Å². The van der Waals surface area contributed by atoms with Gasteiger partial charge in [-0.3, -0.25) is 0 Å². The maximum atomic E-state index is 7.64. The Morgan fingerprint density at radius 3 is 1.27 bits per heavy atom. The second-order valence-corrected chi connectivity index (χ2v) is 2.25. The van der Waals surface area contributed by atoms with Crippen LogP contribution in [0, 0.1) is 32.6 Å². The monoisotopic (exact) mass is 329 g/mol. The first-order chi connectivity index (χ1) is 5.24. The molecule has 0 unspecified atom stereocenters. The van der Waals surface area contributed by atoms with Gasteiger partial charge in [-0.05, 0) is 0 Å². The largest absolute Gasteiger partial charge is 0.320 e. The Kier molecular flexibility index (Phi) is 56.4. The molecule has 4 nitrogen and oxygen atoms in total. The zero-order valence-electron chi connectivity index (χ0n) is 6.11. The molecular formula is C6H6N4Pt. The van der Waals surface area contributed by atoms with E-state index in [0.717, 1.165) is 0 Å². The molecule has 0 fully saturated rings. The molecule has 5 heteroatoms. The summed E-state index contributed by atoms with van der Waals surface area (Å²) in [6, 6.07) is 0. The first-order valence-corrected chi connectivity index (χ1v) is 4.38. The van der Waals surface area contributed by atoms with Crippen LogP contribution in [0.4, 0.5) is 0 Å². The molecule has 0 saturated heterocycles. The van der Waals surface area contributed by atoms with E-state index in [1.807, 2.05) is 0 Å². The van der Waals surface area contributed by atoms with E-state index in [-0.39, 0.29) is 0 Å². The third-order valence-corrected chi connectivity index (χ3v) is 0.579. The maximum Gasteiger partial charge on any atom is 0.205 e. The third-order valence-electron chi connectivity index (χ3n) is 0.0707. The van der Waals surface area contributed by atoms with E-state index in [0.29, 0.717) is 0 Å². The average molecular weight is 329 g/mol. The van der Waals surface area contributed by atoms with Gasteiger partial charge in [-0.15, -0.1) is 0 Å². The Balaban J connectivity index is -0.0000000933. The molecule has 0 aromatic carbocycles. The van der Waals surface area contributed by atoms with Gasteiger partial charge < -0.3 is 9.69 Å². The minimum absolute atomic E-state index is 0.765. The quantitative estimate of drug-likeness (QED) is 0.625. The van der Waals surface area contributed by atoms with Crippen molar-refractivity contribution in [1.29, 1.82) is 10.5 Å². The molecule has 0 radical (unpaired) electrons. The van der Waals surface area contributed by atoms with Crippen LogP contribution in [0.3, 0.4) is 0 Å². The molecular weight excluding hydrogens is 323 g/mol. The average Bonchev–Trinajstić information content (AvgIpc) is 1.92. The predicted octanol–water partition coefficient (Wildman–Crippen LogP) is 1.10. The maximum absolute atomic E-state index is 7.64. The van der Waals surface area contributed by atoms with E-state index < -0.39 is 18.6 Å². The Morgan fingerprint density at radius 1 is 1.09 bits per heavy atom. The summed E-state index contributed by atoms with van der Waals surface area (Å²) in [7, 11) is 2.83. The molecule has 0 spiro atoms. The first-order valence-electron chi connectivity index (χ1n) is 2.11. The first kappa shape index (κ1) is 16.3. The number of hydrogen-bond acceptors (Lipinski definition) is 2. The van der Waals surface area contributed by atoms with Gasteiger partial charge in [0.05, 0.1) is 0 Å². The van der Waals surface area contributed by atoms with Crippen LogP contribution >= 0.6 is 0 Å². The fourth-order valence-electron chi connectivity index (χ4n) is 0.0158. The Bertz CT molecular complexity index is 185. The van der Waals surface area contributed by atoms with E-state index in [9.17, 15) is 0 Å². The summed E-state index contributed by atoms with van der Waals surface area (Å²) in [6.45, 7) is 11.7. The van der Waals surface area contributed by atoms with Crippen molar-refractivity contribution in [3.8, 4) is 8.92 Å². The molecule has 60 valence electrons. The normalized spacial score (nSPS) is 3.82. The van der Waals surface area contributed by atoms with E-state index in [1.165, 1.54) is 14.1 Å². The smallest absolute Gasteiger partial charge is 0.205 e. The Hall–Kier alpha value is -1.35. The summed E-state index contributed by atoms with van der Waals surface area (Å²) < 4.78 is 3.53. The van der Waals surface area contributed by atoms with E-state index >= 15 is 0 Å². The van der Waals surface area contributed by atoms with Gasteiger partial charge in [-0.1, -0.05) is 0 Å². The van der Waals surface area contributed by atoms with Gasteiger partial charge in [0.2, 0.25) is 14.1 Å². The van der Waals surface area contributed by atoms with Crippen LogP contribution in [0.25, 0.3) is 9.69 Å². The van der Waals surface area contributed by atoms with Crippen LogP contribution in [0.5, 0.6) is 0 Å². The molecule has 0 aromatic rings. The van der Waals surface area contributed by atoms with Crippen LogP contribution in [0.2, 0.25) is 0 Å². The molecule has 0 atom stereocenters. The fourth-order valence-corrected chi connectivity index (χ4v) is 0.129. The molecule has 0 heterocycles. The van der Waals surface area contributed by atoms with Crippen LogP contribution in [-0.2, 0) is 18.6 Å². The van der Waals surface area contributed by atoms with Crippen molar-refractivity contribution in [3.63, 3.8) is 0 Å². The molecule has 0 bridgehead atoms. The van der Waals surface area contributed by atoms with E-state index in [2.05, 4.69) is 9.69 Å². The molecule has 0 rings (SSSR count).